The molecule has 0 N–H and O–H groups in total. The molecule has 0 aliphatic carbocycles. The van der Waals surface area contributed by atoms with E-state index < -0.39 is 0 Å². The van der Waals surface area contributed by atoms with Crippen LogP contribution in [-0.4, -0.2) is 55.3 Å². The molecule has 0 bridgehead atoms. The van der Waals surface area contributed by atoms with Crippen LogP contribution < -0.4 is 4.90 Å². The summed E-state index contributed by atoms with van der Waals surface area (Å²) in [5, 5.41) is 0. The average Bonchev–Trinajstić information content (AvgIpc) is 2.62. The normalized spacial score (nSPS) is 16.1. The number of amides is 2. The fraction of sp³-hybridized carbons (Fsp3) is 0.333. The van der Waals surface area contributed by atoms with Crippen molar-refractivity contribution in [3.05, 3.63) is 65.7 Å². The second kappa shape index (κ2) is 7.70. The van der Waals surface area contributed by atoms with Gasteiger partial charge in [0.15, 0.2) is 0 Å². The zero-order valence-corrected chi connectivity index (χ0v) is 15.6. The van der Waals surface area contributed by atoms with Gasteiger partial charge in [-0.3, -0.25) is 14.5 Å². The molecule has 1 aliphatic heterocycles. The van der Waals surface area contributed by atoms with Crippen molar-refractivity contribution in [3.63, 3.8) is 0 Å². The molecule has 0 aromatic heterocycles. The maximum absolute atomic E-state index is 13.2. The second-order valence-corrected chi connectivity index (χ2v) is 6.92. The summed E-state index contributed by atoms with van der Waals surface area (Å²) in [6.45, 7) is 3.19. The molecule has 2 aromatic carbocycles. The number of nitrogens with zero attached hydrogens (tertiary/aromatic N) is 3. The monoisotopic (exact) mass is 351 g/mol. The highest BCUT2D eigenvalue weighted by atomic mass is 16.2. The predicted octanol–water partition coefficient (Wildman–Crippen LogP) is 2.47. The number of rotatable bonds is 4. The summed E-state index contributed by atoms with van der Waals surface area (Å²) in [5.74, 6) is -0.0702. The molecule has 5 heteroatoms. The van der Waals surface area contributed by atoms with E-state index in [-0.39, 0.29) is 24.4 Å². The van der Waals surface area contributed by atoms with Gasteiger partial charge in [-0.1, -0.05) is 48.0 Å². The van der Waals surface area contributed by atoms with Crippen molar-refractivity contribution < 1.29 is 9.59 Å². The Bertz CT molecular complexity index is 789. The number of benzene rings is 2. The molecular formula is C21H25N3O2. The van der Waals surface area contributed by atoms with E-state index in [1.54, 1.807) is 9.80 Å². The summed E-state index contributed by atoms with van der Waals surface area (Å²) < 4.78 is 0. The first kappa shape index (κ1) is 18.1. The Kier molecular flexibility index (Phi) is 5.38. The third kappa shape index (κ3) is 3.78. The van der Waals surface area contributed by atoms with E-state index in [1.165, 1.54) is 0 Å². The Balaban J connectivity index is 1.76. The highest BCUT2D eigenvalue weighted by Gasteiger charge is 2.33. The zero-order valence-electron chi connectivity index (χ0n) is 15.6. The van der Waals surface area contributed by atoms with Crippen LogP contribution in [0.5, 0.6) is 0 Å². The highest BCUT2D eigenvalue weighted by molar-refractivity contribution is 5.98. The number of hydrogen-bond donors (Lipinski definition) is 0. The van der Waals surface area contributed by atoms with E-state index in [4.69, 9.17) is 0 Å². The van der Waals surface area contributed by atoms with Crippen molar-refractivity contribution in [1.29, 1.82) is 0 Å². The molecule has 0 saturated carbocycles. The minimum atomic E-state index is -0.383. The SMILES string of the molecule is Cc1cccc([C@H](C(=O)N2CCN(c3ccccc3)C(=O)C2)N(C)C)c1. The Labute approximate surface area is 154 Å². The van der Waals surface area contributed by atoms with Crippen LogP contribution in [-0.2, 0) is 9.59 Å². The maximum Gasteiger partial charge on any atom is 0.246 e. The van der Waals surface area contributed by atoms with Crippen LogP contribution in [0.4, 0.5) is 5.69 Å². The molecule has 1 heterocycles. The number of aryl methyl sites for hydroxylation is 1. The number of carbonyl (C=O) groups is 2. The summed E-state index contributed by atoms with van der Waals surface area (Å²) in [7, 11) is 3.79. The Hall–Kier alpha value is -2.66. The number of piperazine rings is 1. The average molecular weight is 351 g/mol. The smallest absolute Gasteiger partial charge is 0.246 e. The lowest BCUT2D eigenvalue weighted by Crippen LogP contribution is -2.54. The van der Waals surface area contributed by atoms with Gasteiger partial charge in [-0.2, -0.15) is 0 Å². The first-order valence-electron chi connectivity index (χ1n) is 8.84. The lowest BCUT2D eigenvalue weighted by atomic mass is 10.0. The molecule has 1 atom stereocenters. The van der Waals surface area contributed by atoms with Crippen LogP contribution >= 0.6 is 0 Å². The van der Waals surface area contributed by atoms with Crippen LogP contribution in [0.1, 0.15) is 17.2 Å². The van der Waals surface area contributed by atoms with Crippen LogP contribution in [0, 0.1) is 6.92 Å². The fourth-order valence-electron chi connectivity index (χ4n) is 3.42. The van der Waals surface area contributed by atoms with E-state index >= 15 is 0 Å². The standard InChI is InChI=1S/C21H25N3O2/c1-16-8-7-9-17(14-16)20(22(2)3)21(26)23-12-13-24(19(25)15-23)18-10-5-4-6-11-18/h4-11,14,20H,12-13,15H2,1-3H3/t20-/m1/s1. The van der Waals surface area contributed by atoms with Crippen molar-refractivity contribution in [3.8, 4) is 0 Å². The highest BCUT2D eigenvalue weighted by Crippen LogP contribution is 2.24. The summed E-state index contributed by atoms with van der Waals surface area (Å²) >= 11 is 0. The van der Waals surface area contributed by atoms with Crippen molar-refractivity contribution in [2.24, 2.45) is 0 Å². The molecule has 1 aliphatic rings. The van der Waals surface area contributed by atoms with Gasteiger partial charge in [-0.05, 0) is 38.7 Å². The third-order valence-corrected chi connectivity index (χ3v) is 4.71. The Morgan fingerprint density at radius 1 is 1.04 bits per heavy atom. The molecule has 0 unspecified atom stereocenters. The van der Waals surface area contributed by atoms with Gasteiger partial charge in [0.05, 0.1) is 0 Å². The lowest BCUT2D eigenvalue weighted by molar-refractivity contribution is -0.141. The summed E-state index contributed by atoms with van der Waals surface area (Å²) in [6.07, 6.45) is 0. The largest absolute Gasteiger partial charge is 0.330 e. The van der Waals surface area contributed by atoms with Gasteiger partial charge in [0.1, 0.15) is 12.6 Å². The molecule has 3 rings (SSSR count). The van der Waals surface area contributed by atoms with Crippen LogP contribution in [0.15, 0.2) is 54.6 Å². The predicted molar refractivity (Wildman–Crippen MR) is 103 cm³/mol. The molecule has 136 valence electrons. The summed E-state index contributed by atoms with van der Waals surface area (Å²) in [5.41, 5.74) is 2.96. The maximum atomic E-state index is 13.2. The third-order valence-electron chi connectivity index (χ3n) is 4.71. The van der Waals surface area contributed by atoms with Crippen molar-refractivity contribution in [1.82, 2.24) is 9.80 Å². The number of anilines is 1. The van der Waals surface area contributed by atoms with Crippen molar-refractivity contribution >= 4 is 17.5 Å². The fourth-order valence-corrected chi connectivity index (χ4v) is 3.42. The molecule has 5 nitrogen and oxygen atoms in total. The zero-order chi connectivity index (χ0) is 18.7. The van der Waals surface area contributed by atoms with Gasteiger partial charge < -0.3 is 9.80 Å². The first-order valence-corrected chi connectivity index (χ1v) is 8.84. The van der Waals surface area contributed by atoms with E-state index in [1.807, 2.05) is 80.5 Å². The molecule has 2 amide bonds. The van der Waals surface area contributed by atoms with E-state index in [2.05, 4.69) is 0 Å². The van der Waals surface area contributed by atoms with Gasteiger partial charge >= 0.3 is 0 Å². The Morgan fingerprint density at radius 3 is 2.38 bits per heavy atom. The molecule has 26 heavy (non-hydrogen) atoms. The summed E-state index contributed by atoms with van der Waals surface area (Å²) in [4.78, 5) is 31.1. The van der Waals surface area contributed by atoms with Crippen LogP contribution in [0.3, 0.4) is 0 Å². The van der Waals surface area contributed by atoms with Crippen LogP contribution in [0.25, 0.3) is 0 Å². The van der Waals surface area contributed by atoms with Crippen LogP contribution in [0.2, 0.25) is 0 Å². The summed E-state index contributed by atoms with van der Waals surface area (Å²) in [6, 6.07) is 17.2. The van der Waals surface area contributed by atoms with Crippen molar-refractivity contribution in [2.75, 3.05) is 38.6 Å². The van der Waals surface area contributed by atoms with E-state index in [0.717, 1.165) is 16.8 Å². The molecule has 1 fully saturated rings. The molecule has 0 spiro atoms. The topological polar surface area (TPSA) is 43.9 Å². The van der Waals surface area contributed by atoms with Gasteiger partial charge in [0.25, 0.3) is 0 Å². The molecule has 0 radical (unpaired) electrons. The molecule has 2 aromatic rings. The van der Waals surface area contributed by atoms with Gasteiger partial charge in [0.2, 0.25) is 11.8 Å². The first-order chi connectivity index (χ1) is 12.5. The van der Waals surface area contributed by atoms with Gasteiger partial charge in [-0.15, -0.1) is 0 Å². The molecule has 1 saturated heterocycles. The van der Waals surface area contributed by atoms with Gasteiger partial charge in [-0.25, -0.2) is 0 Å². The van der Waals surface area contributed by atoms with Crippen molar-refractivity contribution in [2.45, 2.75) is 13.0 Å². The quantitative estimate of drug-likeness (QED) is 0.850. The number of carbonyl (C=O) groups excluding carboxylic acids is 2. The van der Waals surface area contributed by atoms with E-state index in [0.29, 0.717) is 13.1 Å². The Morgan fingerprint density at radius 2 is 1.77 bits per heavy atom. The number of hydrogen-bond acceptors (Lipinski definition) is 3. The van der Waals surface area contributed by atoms with E-state index in [9.17, 15) is 9.59 Å². The minimum absolute atomic E-state index is 0.0262. The number of likely N-dealkylation sites (N-methyl/N-ethyl adjacent to an activating group) is 1. The molecular weight excluding hydrogens is 326 g/mol. The lowest BCUT2D eigenvalue weighted by Gasteiger charge is -2.37. The second-order valence-electron chi connectivity index (χ2n) is 6.92. The number of para-hydroxylation sites is 1. The minimum Gasteiger partial charge on any atom is -0.330 e. The van der Waals surface area contributed by atoms with Gasteiger partial charge in [0, 0.05) is 18.8 Å².